The first-order valence-corrected chi connectivity index (χ1v) is 7.73. The molecule has 0 radical (unpaired) electrons. The summed E-state index contributed by atoms with van der Waals surface area (Å²) in [4.78, 5) is 21.8. The maximum absolute atomic E-state index is 11.7. The highest BCUT2D eigenvalue weighted by molar-refractivity contribution is 5.68. The maximum Gasteiger partial charge on any atom is 0.409 e. The first-order valence-electron chi connectivity index (χ1n) is 7.73. The Morgan fingerprint density at radius 3 is 3.09 bits per heavy atom. The number of hydrogen-bond donors (Lipinski definition) is 2. The number of H-pyrrole nitrogens is 1. The van der Waals surface area contributed by atoms with Gasteiger partial charge >= 0.3 is 6.09 Å². The van der Waals surface area contributed by atoms with E-state index in [1.165, 1.54) is 0 Å². The summed E-state index contributed by atoms with van der Waals surface area (Å²) in [6, 6.07) is 3.98. The monoisotopic (exact) mass is 316 g/mol. The van der Waals surface area contributed by atoms with Crippen LogP contribution in [0.3, 0.4) is 0 Å². The molecule has 1 aliphatic rings. The van der Waals surface area contributed by atoms with Gasteiger partial charge in [-0.25, -0.2) is 9.78 Å². The second kappa shape index (κ2) is 7.19. The molecular weight excluding hydrogens is 296 g/mol. The Morgan fingerprint density at radius 1 is 1.48 bits per heavy atom. The Hall–Kier alpha value is -2.48. The van der Waals surface area contributed by atoms with Crippen molar-refractivity contribution in [2.24, 2.45) is 0 Å². The molecule has 1 fully saturated rings. The quantitative estimate of drug-likeness (QED) is 0.860. The Kier molecular flexibility index (Phi) is 4.82. The summed E-state index contributed by atoms with van der Waals surface area (Å²) in [6.07, 6.45) is 4.10. The van der Waals surface area contributed by atoms with Gasteiger partial charge in [-0.15, -0.1) is 0 Å². The lowest BCUT2D eigenvalue weighted by molar-refractivity contribution is 0.115. The molecule has 3 rings (SSSR count). The van der Waals surface area contributed by atoms with Gasteiger partial charge in [0.15, 0.2) is 5.82 Å². The van der Waals surface area contributed by atoms with Gasteiger partial charge in [0, 0.05) is 37.1 Å². The zero-order valence-electron chi connectivity index (χ0n) is 13.0. The molecule has 0 spiro atoms. The van der Waals surface area contributed by atoms with E-state index in [2.05, 4.69) is 25.5 Å². The van der Waals surface area contributed by atoms with Crippen LogP contribution in [-0.2, 0) is 11.3 Å². The Bertz CT molecular complexity index is 644. The van der Waals surface area contributed by atoms with Crippen LogP contribution in [0.2, 0.25) is 0 Å². The summed E-state index contributed by atoms with van der Waals surface area (Å²) >= 11 is 0. The molecule has 8 heteroatoms. The maximum atomic E-state index is 11.7. The average molecular weight is 316 g/mol. The summed E-state index contributed by atoms with van der Waals surface area (Å²) in [5.41, 5.74) is 0.928. The van der Waals surface area contributed by atoms with Crippen LogP contribution in [0.5, 0.6) is 0 Å². The second-order valence-corrected chi connectivity index (χ2v) is 5.35. The number of carbonyl (C=O) groups is 1. The highest BCUT2D eigenvalue weighted by Crippen LogP contribution is 2.13. The molecule has 0 unspecified atom stereocenters. The van der Waals surface area contributed by atoms with Gasteiger partial charge in [-0.05, 0) is 25.5 Å². The first-order chi connectivity index (χ1) is 11.3. The number of nitrogens with zero attached hydrogens (tertiary/aromatic N) is 4. The van der Waals surface area contributed by atoms with Gasteiger partial charge in [0.1, 0.15) is 5.82 Å². The normalized spacial score (nSPS) is 17.4. The van der Waals surface area contributed by atoms with Crippen LogP contribution in [0, 0.1) is 0 Å². The van der Waals surface area contributed by atoms with Gasteiger partial charge in [0.05, 0.1) is 13.2 Å². The standard InChI is InChI=1S/C15H20N6O2/c1-2-23-15(22)21-8-5-12(10-21)17-9-13-18-14(20-19-13)11-3-6-16-7-4-11/h3-4,6-7,12,17H,2,5,8-10H2,1H3,(H,18,19,20)/t12-/m0/s1. The van der Waals surface area contributed by atoms with Gasteiger partial charge in [-0.1, -0.05) is 0 Å². The molecule has 122 valence electrons. The second-order valence-electron chi connectivity index (χ2n) is 5.35. The third-order valence-corrected chi connectivity index (χ3v) is 3.74. The zero-order chi connectivity index (χ0) is 16.1. The minimum atomic E-state index is -0.239. The lowest BCUT2D eigenvalue weighted by Gasteiger charge is -2.15. The summed E-state index contributed by atoms with van der Waals surface area (Å²) < 4.78 is 5.01. The van der Waals surface area contributed by atoms with Crippen molar-refractivity contribution in [1.82, 2.24) is 30.4 Å². The number of hydrogen-bond acceptors (Lipinski definition) is 6. The lowest BCUT2D eigenvalue weighted by Crippen LogP contribution is -2.35. The lowest BCUT2D eigenvalue weighted by atomic mass is 10.2. The molecule has 1 saturated heterocycles. The molecule has 1 amide bonds. The summed E-state index contributed by atoms with van der Waals surface area (Å²) in [6.45, 7) is 4.18. The Morgan fingerprint density at radius 2 is 2.30 bits per heavy atom. The van der Waals surface area contributed by atoms with Crippen LogP contribution in [0.15, 0.2) is 24.5 Å². The van der Waals surface area contributed by atoms with Crippen LogP contribution in [0.25, 0.3) is 11.4 Å². The Balaban J connectivity index is 1.50. The number of amides is 1. The van der Waals surface area contributed by atoms with Crippen LogP contribution < -0.4 is 5.32 Å². The van der Waals surface area contributed by atoms with E-state index in [-0.39, 0.29) is 12.1 Å². The molecule has 1 aliphatic heterocycles. The van der Waals surface area contributed by atoms with Crippen molar-refractivity contribution in [3.63, 3.8) is 0 Å². The minimum Gasteiger partial charge on any atom is -0.450 e. The van der Waals surface area contributed by atoms with E-state index in [9.17, 15) is 4.79 Å². The number of ether oxygens (including phenoxy) is 1. The van der Waals surface area contributed by atoms with Crippen molar-refractivity contribution in [2.45, 2.75) is 25.9 Å². The predicted octanol–water partition coefficient (Wildman–Crippen LogP) is 1.19. The SMILES string of the molecule is CCOC(=O)N1CC[C@H](NCc2nc(-c3ccncc3)n[nH]2)C1. The zero-order valence-corrected chi connectivity index (χ0v) is 13.0. The Labute approximate surface area is 134 Å². The van der Waals surface area contributed by atoms with E-state index in [1.54, 1.807) is 17.3 Å². The fourth-order valence-electron chi connectivity index (χ4n) is 2.55. The first kappa shape index (κ1) is 15.4. The number of likely N-dealkylation sites (tertiary alicyclic amines) is 1. The molecule has 0 aromatic carbocycles. The van der Waals surface area contributed by atoms with Crippen molar-refractivity contribution in [1.29, 1.82) is 0 Å². The number of rotatable bonds is 5. The van der Waals surface area contributed by atoms with Crippen LogP contribution in [0.4, 0.5) is 4.79 Å². The third-order valence-electron chi connectivity index (χ3n) is 3.74. The molecule has 2 aromatic rings. The molecule has 2 aromatic heterocycles. The van der Waals surface area contributed by atoms with Gasteiger partial charge in [0.25, 0.3) is 0 Å². The van der Waals surface area contributed by atoms with Gasteiger partial charge in [0.2, 0.25) is 0 Å². The fraction of sp³-hybridized carbons (Fsp3) is 0.467. The third kappa shape index (κ3) is 3.84. The average Bonchev–Trinajstić information content (AvgIpc) is 3.23. The summed E-state index contributed by atoms with van der Waals surface area (Å²) in [7, 11) is 0. The molecule has 3 heterocycles. The van der Waals surface area contributed by atoms with Crippen molar-refractivity contribution in [3.05, 3.63) is 30.4 Å². The molecule has 0 bridgehead atoms. The summed E-state index contributed by atoms with van der Waals surface area (Å²) in [5, 5.41) is 10.5. The van der Waals surface area contributed by atoms with Crippen molar-refractivity contribution in [2.75, 3.05) is 19.7 Å². The van der Waals surface area contributed by atoms with E-state index in [4.69, 9.17) is 4.74 Å². The van der Waals surface area contributed by atoms with Crippen molar-refractivity contribution in [3.8, 4) is 11.4 Å². The molecule has 0 saturated carbocycles. The van der Waals surface area contributed by atoms with Gasteiger partial charge in [-0.3, -0.25) is 10.1 Å². The summed E-state index contributed by atoms with van der Waals surface area (Å²) in [5.74, 6) is 1.43. The van der Waals surface area contributed by atoms with Gasteiger partial charge in [-0.2, -0.15) is 5.10 Å². The molecule has 2 N–H and O–H groups in total. The molecule has 0 aliphatic carbocycles. The molecule has 1 atom stereocenters. The number of carbonyl (C=O) groups excluding carboxylic acids is 1. The largest absolute Gasteiger partial charge is 0.450 e. The van der Waals surface area contributed by atoms with E-state index in [1.807, 2.05) is 19.1 Å². The minimum absolute atomic E-state index is 0.239. The highest BCUT2D eigenvalue weighted by atomic mass is 16.6. The topological polar surface area (TPSA) is 96.0 Å². The van der Waals surface area contributed by atoms with Gasteiger partial charge < -0.3 is 15.0 Å². The number of nitrogens with one attached hydrogen (secondary N) is 2. The molecule has 23 heavy (non-hydrogen) atoms. The molecular formula is C15H20N6O2. The highest BCUT2D eigenvalue weighted by Gasteiger charge is 2.26. The van der Waals surface area contributed by atoms with Crippen molar-refractivity contribution < 1.29 is 9.53 Å². The number of aromatic nitrogens is 4. The number of aromatic amines is 1. The van der Waals surface area contributed by atoms with Crippen LogP contribution in [0.1, 0.15) is 19.2 Å². The van der Waals surface area contributed by atoms with Crippen molar-refractivity contribution >= 4 is 6.09 Å². The fourth-order valence-corrected chi connectivity index (χ4v) is 2.55. The van der Waals surface area contributed by atoms with E-state index in [0.717, 1.165) is 24.4 Å². The predicted molar refractivity (Wildman–Crippen MR) is 83.5 cm³/mol. The van der Waals surface area contributed by atoms with E-state index >= 15 is 0 Å². The van der Waals surface area contributed by atoms with E-state index in [0.29, 0.717) is 25.5 Å². The van der Waals surface area contributed by atoms with Crippen LogP contribution >= 0.6 is 0 Å². The van der Waals surface area contributed by atoms with Crippen LogP contribution in [-0.4, -0.2) is 56.9 Å². The van der Waals surface area contributed by atoms with E-state index < -0.39 is 0 Å². The smallest absolute Gasteiger partial charge is 0.409 e. The molecule has 8 nitrogen and oxygen atoms in total. The number of pyridine rings is 1.